The largest absolute Gasteiger partial charge is 0.402 e. The Balaban J connectivity index is 1.46. The smallest absolute Gasteiger partial charge is 0.365 e. The molecule has 0 saturated carbocycles. The molecule has 0 aromatic heterocycles. The Morgan fingerprint density at radius 3 is 2.45 bits per heavy atom. The second-order valence-electron chi connectivity index (χ2n) is 9.16. The number of fused-ring (bicyclic) bond motifs is 1. The summed E-state index contributed by atoms with van der Waals surface area (Å²) in [5.41, 5.74) is 1.15. The molecule has 6 heteroatoms. The van der Waals surface area contributed by atoms with Crippen molar-refractivity contribution in [3.63, 3.8) is 0 Å². The van der Waals surface area contributed by atoms with E-state index in [4.69, 9.17) is 4.74 Å². The second-order valence-corrected chi connectivity index (χ2v) is 9.16. The fourth-order valence-electron chi connectivity index (χ4n) is 3.89. The Hall–Kier alpha value is -3.15. The van der Waals surface area contributed by atoms with Gasteiger partial charge in [0.25, 0.3) is 0 Å². The molecule has 0 saturated heterocycles. The van der Waals surface area contributed by atoms with Gasteiger partial charge in [0.05, 0.1) is 0 Å². The predicted octanol–water partition coefficient (Wildman–Crippen LogP) is 4.98. The Morgan fingerprint density at radius 1 is 1.00 bits per heavy atom. The van der Waals surface area contributed by atoms with Gasteiger partial charge in [-0.25, -0.2) is 9.79 Å². The summed E-state index contributed by atoms with van der Waals surface area (Å²) in [6.45, 7) is 5.78. The van der Waals surface area contributed by atoms with Gasteiger partial charge in [-0.15, -0.1) is 0 Å². The highest BCUT2D eigenvalue weighted by molar-refractivity contribution is 6.16. The molecular formula is C27H35N3O3. The van der Waals surface area contributed by atoms with E-state index in [1.54, 1.807) is 6.20 Å². The highest BCUT2D eigenvalue weighted by atomic mass is 16.6. The molecule has 0 bridgehead atoms. The van der Waals surface area contributed by atoms with Gasteiger partial charge in [-0.05, 0) is 35.6 Å². The van der Waals surface area contributed by atoms with E-state index >= 15 is 0 Å². The SMILES string of the molecule is CC(C)CC(=O)N(C)CCCCCCN(C)C=C1N=C(c2cccc3ccccc23)OC1=O. The number of esters is 1. The van der Waals surface area contributed by atoms with Crippen LogP contribution >= 0.6 is 0 Å². The number of aliphatic imine (C=N–C) groups is 1. The lowest BCUT2D eigenvalue weighted by molar-refractivity contribution is -0.131. The van der Waals surface area contributed by atoms with E-state index in [0.29, 0.717) is 23.9 Å². The van der Waals surface area contributed by atoms with E-state index in [0.717, 1.165) is 55.1 Å². The minimum Gasteiger partial charge on any atom is -0.402 e. The third kappa shape index (κ3) is 6.91. The monoisotopic (exact) mass is 449 g/mol. The van der Waals surface area contributed by atoms with Gasteiger partial charge < -0.3 is 14.5 Å². The summed E-state index contributed by atoms with van der Waals surface area (Å²) in [6.07, 6.45) is 6.56. The Kier molecular flexibility index (Phi) is 8.64. The molecule has 0 atom stereocenters. The number of carbonyl (C=O) groups excluding carboxylic acids is 2. The van der Waals surface area contributed by atoms with Crippen LogP contribution in [0.1, 0.15) is 51.5 Å². The number of hydrogen-bond acceptors (Lipinski definition) is 5. The molecule has 1 aliphatic heterocycles. The first-order valence-corrected chi connectivity index (χ1v) is 11.8. The van der Waals surface area contributed by atoms with Crippen molar-refractivity contribution < 1.29 is 14.3 Å². The summed E-state index contributed by atoms with van der Waals surface area (Å²) in [7, 11) is 3.84. The third-order valence-electron chi connectivity index (χ3n) is 5.75. The van der Waals surface area contributed by atoms with Crippen LogP contribution in [0.4, 0.5) is 0 Å². The number of carbonyl (C=O) groups is 2. The van der Waals surface area contributed by atoms with E-state index in [9.17, 15) is 9.59 Å². The van der Waals surface area contributed by atoms with Gasteiger partial charge in [0.2, 0.25) is 11.8 Å². The molecule has 1 aliphatic rings. The maximum Gasteiger partial charge on any atom is 0.365 e. The van der Waals surface area contributed by atoms with Gasteiger partial charge >= 0.3 is 5.97 Å². The molecule has 0 radical (unpaired) electrons. The minimum absolute atomic E-state index is 0.225. The van der Waals surface area contributed by atoms with Gasteiger partial charge in [0, 0.05) is 45.4 Å². The quantitative estimate of drug-likeness (QED) is 0.276. The maximum atomic E-state index is 12.4. The van der Waals surface area contributed by atoms with Gasteiger partial charge in [-0.3, -0.25) is 4.79 Å². The summed E-state index contributed by atoms with van der Waals surface area (Å²) in [4.78, 5) is 32.7. The van der Waals surface area contributed by atoms with Gasteiger partial charge in [-0.2, -0.15) is 0 Å². The van der Waals surface area contributed by atoms with E-state index in [2.05, 4.69) is 18.8 Å². The highest BCUT2D eigenvalue weighted by Gasteiger charge is 2.25. The number of amides is 1. The van der Waals surface area contributed by atoms with Crippen molar-refractivity contribution in [3.05, 3.63) is 59.9 Å². The van der Waals surface area contributed by atoms with E-state index in [1.165, 1.54) is 0 Å². The van der Waals surface area contributed by atoms with E-state index in [1.807, 2.05) is 66.4 Å². The molecular weight excluding hydrogens is 414 g/mol. The first-order valence-electron chi connectivity index (χ1n) is 11.8. The van der Waals surface area contributed by atoms with Crippen molar-refractivity contribution in [3.8, 4) is 0 Å². The number of unbranched alkanes of at least 4 members (excludes halogenated alkanes) is 3. The van der Waals surface area contributed by atoms with Gasteiger partial charge in [0.15, 0.2) is 5.70 Å². The number of rotatable bonds is 11. The van der Waals surface area contributed by atoms with Crippen LogP contribution in [0, 0.1) is 5.92 Å². The molecule has 3 rings (SSSR count). The molecule has 1 amide bonds. The number of ether oxygens (including phenoxy) is 1. The zero-order chi connectivity index (χ0) is 23.8. The van der Waals surface area contributed by atoms with Gasteiger partial charge in [0.1, 0.15) is 0 Å². The van der Waals surface area contributed by atoms with Crippen LogP contribution in [0.3, 0.4) is 0 Å². The third-order valence-corrected chi connectivity index (χ3v) is 5.75. The first-order chi connectivity index (χ1) is 15.8. The van der Waals surface area contributed by atoms with Crippen LogP contribution in [-0.2, 0) is 14.3 Å². The number of benzene rings is 2. The predicted molar refractivity (Wildman–Crippen MR) is 133 cm³/mol. The maximum absolute atomic E-state index is 12.4. The lowest BCUT2D eigenvalue weighted by atomic mass is 10.0. The lowest BCUT2D eigenvalue weighted by Crippen LogP contribution is -2.28. The second kappa shape index (κ2) is 11.6. The fourth-order valence-corrected chi connectivity index (χ4v) is 3.89. The molecule has 0 N–H and O–H groups in total. The lowest BCUT2D eigenvalue weighted by Gasteiger charge is -2.18. The molecule has 0 aliphatic carbocycles. The van der Waals surface area contributed by atoms with E-state index < -0.39 is 5.97 Å². The zero-order valence-corrected chi connectivity index (χ0v) is 20.2. The number of cyclic esters (lactones) is 1. The first kappa shape index (κ1) is 24.5. The van der Waals surface area contributed by atoms with Crippen molar-refractivity contribution >= 4 is 28.5 Å². The van der Waals surface area contributed by atoms with Crippen molar-refractivity contribution in [2.45, 2.75) is 46.0 Å². The summed E-state index contributed by atoms with van der Waals surface area (Å²) >= 11 is 0. The van der Waals surface area contributed by atoms with Crippen LogP contribution in [0.2, 0.25) is 0 Å². The molecule has 1 heterocycles. The van der Waals surface area contributed by atoms with Crippen LogP contribution < -0.4 is 0 Å². The molecule has 176 valence electrons. The molecule has 33 heavy (non-hydrogen) atoms. The fraction of sp³-hybridized carbons (Fsp3) is 0.444. The minimum atomic E-state index is -0.418. The van der Waals surface area contributed by atoms with Crippen molar-refractivity contribution in [2.75, 3.05) is 27.2 Å². The zero-order valence-electron chi connectivity index (χ0n) is 20.2. The summed E-state index contributed by atoms with van der Waals surface area (Å²) in [6, 6.07) is 13.9. The highest BCUT2D eigenvalue weighted by Crippen LogP contribution is 2.24. The topological polar surface area (TPSA) is 62.2 Å². The summed E-state index contributed by atoms with van der Waals surface area (Å²) in [5.74, 6) is 0.559. The molecule has 0 fully saturated rings. The molecule has 6 nitrogen and oxygen atoms in total. The summed E-state index contributed by atoms with van der Waals surface area (Å²) in [5, 5.41) is 2.09. The average Bonchev–Trinajstić information content (AvgIpc) is 3.14. The standard InChI is InChI=1S/C27H35N3O3/c1-20(2)18-25(31)30(4)17-10-6-5-9-16-29(3)19-24-27(32)33-26(28-24)23-15-11-13-21-12-7-8-14-22(21)23/h7-8,11-15,19-20H,5-6,9-10,16-18H2,1-4H3. The Bertz CT molecular complexity index is 1040. The van der Waals surface area contributed by atoms with Crippen molar-refractivity contribution in [2.24, 2.45) is 10.9 Å². The van der Waals surface area contributed by atoms with Crippen LogP contribution in [0.5, 0.6) is 0 Å². The number of nitrogens with zero attached hydrogens (tertiary/aromatic N) is 3. The van der Waals surface area contributed by atoms with Crippen molar-refractivity contribution in [1.82, 2.24) is 9.80 Å². The van der Waals surface area contributed by atoms with Crippen LogP contribution in [0.15, 0.2) is 59.4 Å². The number of hydrogen-bond donors (Lipinski definition) is 0. The normalized spacial score (nSPS) is 14.6. The average molecular weight is 450 g/mol. The van der Waals surface area contributed by atoms with Crippen LogP contribution in [0.25, 0.3) is 10.8 Å². The molecule has 0 spiro atoms. The Morgan fingerprint density at radius 2 is 1.70 bits per heavy atom. The molecule has 2 aromatic rings. The van der Waals surface area contributed by atoms with Crippen molar-refractivity contribution in [1.29, 1.82) is 0 Å². The van der Waals surface area contributed by atoms with Crippen LogP contribution in [-0.4, -0.2) is 54.8 Å². The molecule has 2 aromatic carbocycles. The van der Waals surface area contributed by atoms with E-state index in [-0.39, 0.29) is 5.91 Å². The molecule has 0 unspecified atom stereocenters. The summed E-state index contributed by atoms with van der Waals surface area (Å²) < 4.78 is 5.48. The van der Waals surface area contributed by atoms with Gasteiger partial charge in [-0.1, -0.05) is 63.1 Å². The Labute approximate surface area is 196 Å².